The Labute approximate surface area is 122 Å². The number of ether oxygens (including phenoxy) is 1. The summed E-state index contributed by atoms with van der Waals surface area (Å²) in [7, 11) is 1.59. The first-order valence-corrected chi connectivity index (χ1v) is 6.53. The van der Waals surface area contributed by atoms with Crippen molar-refractivity contribution in [2.45, 2.75) is 13.3 Å². The topological polar surface area (TPSA) is 51.2 Å². The number of nitrogens with zero attached hydrogens (tertiary/aromatic N) is 1. The molecule has 1 aromatic carbocycles. The maximum Gasteiger partial charge on any atom is 0.228 e. The second-order valence-electron chi connectivity index (χ2n) is 4.30. The van der Waals surface area contributed by atoms with Gasteiger partial charge in [-0.1, -0.05) is 29.8 Å². The number of rotatable bonds is 4. The van der Waals surface area contributed by atoms with Crippen molar-refractivity contribution in [2.24, 2.45) is 0 Å². The van der Waals surface area contributed by atoms with Crippen LogP contribution >= 0.6 is 11.6 Å². The van der Waals surface area contributed by atoms with E-state index in [1.54, 1.807) is 26.2 Å². The Morgan fingerprint density at radius 2 is 2.05 bits per heavy atom. The summed E-state index contributed by atoms with van der Waals surface area (Å²) < 4.78 is 5.23. The SMILES string of the molecule is COc1ccccc1CC(=O)Nc1ccc(Cl)nc1C. The normalized spacial score (nSPS) is 10.2. The van der Waals surface area contributed by atoms with E-state index in [4.69, 9.17) is 16.3 Å². The molecule has 0 aliphatic rings. The molecule has 20 heavy (non-hydrogen) atoms. The molecule has 0 aliphatic carbocycles. The maximum absolute atomic E-state index is 12.1. The smallest absolute Gasteiger partial charge is 0.228 e. The van der Waals surface area contributed by atoms with E-state index in [1.807, 2.05) is 24.3 Å². The Bertz CT molecular complexity index is 629. The average molecular weight is 291 g/mol. The number of nitrogens with one attached hydrogen (secondary N) is 1. The van der Waals surface area contributed by atoms with Gasteiger partial charge in [0.1, 0.15) is 10.9 Å². The van der Waals surface area contributed by atoms with Crippen LogP contribution < -0.4 is 10.1 Å². The Kier molecular flexibility index (Phi) is 4.58. The number of methoxy groups -OCH3 is 1. The number of benzene rings is 1. The number of hydrogen-bond donors (Lipinski definition) is 1. The second-order valence-corrected chi connectivity index (χ2v) is 4.69. The van der Waals surface area contributed by atoms with Crippen LogP contribution in [0.4, 0.5) is 5.69 Å². The van der Waals surface area contributed by atoms with Crippen molar-refractivity contribution >= 4 is 23.2 Å². The predicted octanol–water partition coefficient (Wildman–Crippen LogP) is 3.23. The summed E-state index contributed by atoms with van der Waals surface area (Å²) in [5.41, 5.74) is 2.19. The number of amides is 1. The number of aryl methyl sites for hydroxylation is 1. The van der Waals surface area contributed by atoms with Gasteiger partial charge in [0.2, 0.25) is 5.91 Å². The van der Waals surface area contributed by atoms with Crippen molar-refractivity contribution in [3.8, 4) is 5.75 Å². The minimum Gasteiger partial charge on any atom is -0.496 e. The molecule has 2 rings (SSSR count). The first-order chi connectivity index (χ1) is 9.60. The van der Waals surface area contributed by atoms with Crippen LogP contribution in [-0.2, 0) is 11.2 Å². The molecule has 1 amide bonds. The van der Waals surface area contributed by atoms with Gasteiger partial charge in [0, 0.05) is 5.56 Å². The Morgan fingerprint density at radius 3 is 2.75 bits per heavy atom. The molecule has 0 saturated heterocycles. The average Bonchev–Trinajstić information content (AvgIpc) is 2.42. The molecule has 0 bridgehead atoms. The standard InChI is InChI=1S/C15H15ClN2O2/c1-10-12(7-8-14(16)17-10)18-15(19)9-11-5-3-4-6-13(11)20-2/h3-8H,9H2,1-2H3,(H,18,19). The number of aromatic nitrogens is 1. The Morgan fingerprint density at radius 1 is 1.30 bits per heavy atom. The van der Waals surface area contributed by atoms with Gasteiger partial charge in [-0.05, 0) is 25.1 Å². The number of anilines is 1. The fourth-order valence-corrected chi connectivity index (χ4v) is 2.07. The van der Waals surface area contributed by atoms with Crippen molar-refractivity contribution in [3.63, 3.8) is 0 Å². The molecule has 104 valence electrons. The molecular formula is C15H15ClN2O2. The van der Waals surface area contributed by atoms with Gasteiger partial charge in [-0.3, -0.25) is 4.79 Å². The maximum atomic E-state index is 12.1. The molecule has 0 radical (unpaired) electrons. The van der Waals surface area contributed by atoms with Crippen molar-refractivity contribution < 1.29 is 9.53 Å². The molecule has 0 fully saturated rings. The zero-order valence-electron chi connectivity index (χ0n) is 11.3. The number of carbonyl (C=O) groups excluding carboxylic acids is 1. The van der Waals surface area contributed by atoms with E-state index < -0.39 is 0 Å². The molecule has 0 saturated carbocycles. The molecule has 0 atom stereocenters. The van der Waals surface area contributed by atoms with Crippen molar-refractivity contribution in [1.29, 1.82) is 0 Å². The van der Waals surface area contributed by atoms with Gasteiger partial charge in [0.15, 0.2) is 0 Å². The highest BCUT2D eigenvalue weighted by molar-refractivity contribution is 6.29. The third-order valence-corrected chi connectivity index (χ3v) is 3.08. The lowest BCUT2D eigenvalue weighted by atomic mass is 10.1. The van der Waals surface area contributed by atoms with Crippen molar-refractivity contribution in [2.75, 3.05) is 12.4 Å². The fraction of sp³-hybridized carbons (Fsp3) is 0.200. The summed E-state index contributed by atoms with van der Waals surface area (Å²) in [5, 5.41) is 3.23. The van der Waals surface area contributed by atoms with Gasteiger partial charge < -0.3 is 10.1 Å². The van der Waals surface area contributed by atoms with Crippen LogP contribution in [0, 0.1) is 6.92 Å². The molecule has 5 heteroatoms. The van der Waals surface area contributed by atoms with E-state index >= 15 is 0 Å². The van der Waals surface area contributed by atoms with Crippen LogP contribution in [0.3, 0.4) is 0 Å². The van der Waals surface area contributed by atoms with E-state index in [9.17, 15) is 4.79 Å². The zero-order chi connectivity index (χ0) is 14.5. The van der Waals surface area contributed by atoms with Crippen LogP contribution in [0.5, 0.6) is 5.75 Å². The highest BCUT2D eigenvalue weighted by Gasteiger charge is 2.10. The Hall–Kier alpha value is -2.07. The van der Waals surface area contributed by atoms with Gasteiger partial charge in [-0.25, -0.2) is 4.98 Å². The summed E-state index contributed by atoms with van der Waals surface area (Å²) in [4.78, 5) is 16.2. The molecule has 1 heterocycles. The second kappa shape index (κ2) is 6.39. The van der Waals surface area contributed by atoms with Crippen LogP contribution in [-0.4, -0.2) is 18.0 Å². The van der Waals surface area contributed by atoms with E-state index in [0.717, 1.165) is 5.56 Å². The molecule has 4 nitrogen and oxygen atoms in total. The van der Waals surface area contributed by atoms with E-state index in [1.165, 1.54) is 0 Å². The number of halogens is 1. The van der Waals surface area contributed by atoms with E-state index in [0.29, 0.717) is 22.3 Å². The first-order valence-electron chi connectivity index (χ1n) is 6.15. The lowest BCUT2D eigenvalue weighted by Gasteiger charge is -2.10. The largest absolute Gasteiger partial charge is 0.496 e. The third kappa shape index (κ3) is 3.48. The zero-order valence-corrected chi connectivity index (χ0v) is 12.1. The first kappa shape index (κ1) is 14.3. The third-order valence-electron chi connectivity index (χ3n) is 2.87. The van der Waals surface area contributed by atoms with Gasteiger partial charge >= 0.3 is 0 Å². The van der Waals surface area contributed by atoms with Gasteiger partial charge in [0.05, 0.1) is 24.9 Å². The summed E-state index contributed by atoms with van der Waals surface area (Å²) in [6, 6.07) is 10.8. The monoisotopic (exact) mass is 290 g/mol. The number of pyridine rings is 1. The molecular weight excluding hydrogens is 276 g/mol. The van der Waals surface area contributed by atoms with Gasteiger partial charge in [0.25, 0.3) is 0 Å². The molecule has 0 spiro atoms. The molecule has 0 unspecified atom stereocenters. The van der Waals surface area contributed by atoms with Crippen LogP contribution in [0.15, 0.2) is 36.4 Å². The van der Waals surface area contributed by atoms with Crippen LogP contribution in [0.2, 0.25) is 5.15 Å². The predicted molar refractivity (Wildman–Crippen MR) is 79.3 cm³/mol. The van der Waals surface area contributed by atoms with Gasteiger partial charge in [-0.15, -0.1) is 0 Å². The quantitative estimate of drug-likeness (QED) is 0.880. The van der Waals surface area contributed by atoms with Crippen LogP contribution in [0.1, 0.15) is 11.3 Å². The fourth-order valence-electron chi connectivity index (χ4n) is 1.88. The minimum absolute atomic E-state index is 0.123. The number of para-hydroxylation sites is 1. The van der Waals surface area contributed by atoms with E-state index in [2.05, 4.69) is 10.3 Å². The molecule has 1 aromatic heterocycles. The molecule has 2 aromatic rings. The Balaban J connectivity index is 2.09. The highest BCUT2D eigenvalue weighted by Crippen LogP contribution is 2.19. The lowest BCUT2D eigenvalue weighted by Crippen LogP contribution is -2.16. The summed E-state index contributed by atoms with van der Waals surface area (Å²) >= 11 is 5.78. The lowest BCUT2D eigenvalue weighted by molar-refractivity contribution is -0.115. The number of hydrogen-bond acceptors (Lipinski definition) is 3. The van der Waals surface area contributed by atoms with Crippen molar-refractivity contribution in [1.82, 2.24) is 4.98 Å². The summed E-state index contributed by atoms with van der Waals surface area (Å²) in [6.07, 6.45) is 0.242. The number of carbonyl (C=O) groups is 1. The van der Waals surface area contributed by atoms with Gasteiger partial charge in [-0.2, -0.15) is 0 Å². The molecule has 0 aliphatic heterocycles. The minimum atomic E-state index is -0.123. The molecule has 1 N–H and O–H groups in total. The summed E-state index contributed by atoms with van der Waals surface area (Å²) in [5.74, 6) is 0.579. The highest BCUT2D eigenvalue weighted by atomic mass is 35.5. The van der Waals surface area contributed by atoms with Crippen molar-refractivity contribution in [3.05, 3.63) is 52.8 Å². The van der Waals surface area contributed by atoms with Crippen LogP contribution in [0.25, 0.3) is 0 Å². The van der Waals surface area contributed by atoms with E-state index in [-0.39, 0.29) is 12.3 Å². The summed E-state index contributed by atoms with van der Waals surface area (Å²) in [6.45, 7) is 1.80.